The Kier molecular flexibility index (Phi) is 2.12. The smallest absolute Gasteiger partial charge is 0.158 e. The molecule has 6 nitrogen and oxygen atoms in total. The van der Waals surface area contributed by atoms with Crippen LogP contribution in [0.15, 0.2) is 18.6 Å². The van der Waals surface area contributed by atoms with Gasteiger partial charge in [-0.05, 0) is 6.42 Å². The number of rotatable bonds is 1. The van der Waals surface area contributed by atoms with Crippen LogP contribution in [0.2, 0.25) is 0 Å². The number of nitrogens with zero attached hydrogens (tertiary/aromatic N) is 3. The van der Waals surface area contributed by atoms with Gasteiger partial charge in [-0.25, -0.2) is 17.9 Å². The first-order valence-corrected chi connectivity index (χ1v) is 7.16. The van der Waals surface area contributed by atoms with E-state index in [0.29, 0.717) is 17.8 Å². The summed E-state index contributed by atoms with van der Waals surface area (Å²) in [6, 6.07) is 0. The van der Waals surface area contributed by atoms with Crippen molar-refractivity contribution in [3.63, 3.8) is 0 Å². The molecule has 2 N–H and O–H groups in total. The molecule has 1 aliphatic heterocycles. The highest BCUT2D eigenvalue weighted by atomic mass is 32.2. The van der Waals surface area contributed by atoms with Gasteiger partial charge in [-0.3, -0.25) is 0 Å². The lowest BCUT2D eigenvalue weighted by molar-refractivity contribution is 0.601. The monoisotopic (exact) mass is 252 g/mol. The number of hydrogen-bond donors (Lipinski definition) is 1. The van der Waals surface area contributed by atoms with Crippen LogP contribution in [-0.4, -0.2) is 34.5 Å². The minimum atomic E-state index is -2.89. The zero-order valence-corrected chi connectivity index (χ0v) is 9.89. The molecule has 7 heteroatoms. The highest BCUT2D eigenvalue weighted by Crippen LogP contribution is 2.30. The second kappa shape index (κ2) is 3.43. The minimum Gasteiger partial charge on any atom is -0.396 e. The van der Waals surface area contributed by atoms with Gasteiger partial charge in [0.15, 0.2) is 15.5 Å². The summed E-state index contributed by atoms with van der Waals surface area (Å²) in [7, 11) is -2.89. The molecule has 1 unspecified atom stereocenters. The average molecular weight is 252 g/mol. The van der Waals surface area contributed by atoms with E-state index in [1.807, 2.05) is 0 Å². The predicted molar refractivity (Wildman–Crippen MR) is 63.4 cm³/mol. The molecule has 0 aliphatic carbocycles. The number of nitrogens with two attached hydrogens (primary N) is 1. The Morgan fingerprint density at radius 3 is 2.94 bits per heavy atom. The largest absolute Gasteiger partial charge is 0.396 e. The first kappa shape index (κ1) is 10.5. The molecule has 0 aromatic carbocycles. The van der Waals surface area contributed by atoms with Crippen molar-refractivity contribution in [2.24, 2.45) is 0 Å². The molecule has 17 heavy (non-hydrogen) atoms. The van der Waals surface area contributed by atoms with Crippen molar-refractivity contribution in [1.82, 2.24) is 14.6 Å². The van der Waals surface area contributed by atoms with Gasteiger partial charge in [0.1, 0.15) is 0 Å². The maximum Gasteiger partial charge on any atom is 0.158 e. The maximum absolute atomic E-state index is 11.5. The number of fused-ring (bicyclic) bond motifs is 1. The van der Waals surface area contributed by atoms with Crippen LogP contribution in [0.1, 0.15) is 17.9 Å². The summed E-state index contributed by atoms with van der Waals surface area (Å²) in [5.41, 5.74) is 7.73. The summed E-state index contributed by atoms with van der Waals surface area (Å²) in [5, 5.41) is 4.15. The molecule has 0 radical (unpaired) electrons. The fourth-order valence-electron chi connectivity index (χ4n) is 2.24. The molecule has 1 fully saturated rings. The van der Waals surface area contributed by atoms with Crippen molar-refractivity contribution in [2.45, 2.75) is 12.3 Å². The molecule has 90 valence electrons. The van der Waals surface area contributed by atoms with Crippen LogP contribution >= 0.6 is 0 Å². The van der Waals surface area contributed by atoms with E-state index >= 15 is 0 Å². The molecule has 2 aromatic rings. The summed E-state index contributed by atoms with van der Waals surface area (Å²) < 4.78 is 24.5. The van der Waals surface area contributed by atoms with Crippen LogP contribution in [0.4, 0.5) is 5.69 Å². The molecule has 0 saturated carbocycles. The van der Waals surface area contributed by atoms with E-state index in [0.717, 1.165) is 5.56 Å². The quantitative estimate of drug-likeness (QED) is 0.783. The van der Waals surface area contributed by atoms with Gasteiger partial charge in [0.05, 0.1) is 35.8 Å². The van der Waals surface area contributed by atoms with Crippen LogP contribution < -0.4 is 5.73 Å². The molecule has 0 spiro atoms. The Morgan fingerprint density at radius 1 is 1.41 bits per heavy atom. The summed E-state index contributed by atoms with van der Waals surface area (Å²) >= 11 is 0. The number of anilines is 1. The van der Waals surface area contributed by atoms with Crippen LogP contribution in [0.25, 0.3) is 5.65 Å². The van der Waals surface area contributed by atoms with Gasteiger partial charge >= 0.3 is 0 Å². The number of nitrogen functional groups attached to an aromatic ring is 1. The van der Waals surface area contributed by atoms with E-state index < -0.39 is 9.84 Å². The Morgan fingerprint density at radius 2 is 2.24 bits per heavy atom. The molecule has 1 atom stereocenters. The van der Waals surface area contributed by atoms with E-state index in [2.05, 4.69) is 10.1 Å². The van der Waals surface area contributed by atoms with Crippen molar-refractivity contribution >= 4 is 21.2 Å². The number of aromatic nitrogens is 3. The molecular formula is C10H12N4O2S. The van der Waals surface area contributed by atoms with Crippen molar-refractivity contribution in [2.75, 3.05) is 17.2 Å². The third kappa shape index (κ3) is 1.76. The van der Waals surface area contributed by atoms with Gasteiger partial charge in [-0.2, -0.15) is 5.10 Å². The Balaban J connectivity index is 2.07. The van der Waals surface area contributed by atoms with Crippen LogP contribution in [0, 0.1) is 0 Å². The van der Waals surface area contributed by atoms with Gasteiger partial charge < -0.3 is 5.73 Å². The zero-order chi connectivity index (χ0) is 12.0. The molecule has 3 rings (SSSR count). The number of hydrogen-bond acceptors (Lipinski definition) is 5. The molecular weight excluding hydrogens is 240 g/mol. The summed E-state index contributed by atoms with van der Waals surface area (Å²) in [6.07, 6.45) is 5.57. The SMILES string of the molecule is Nc1cnc2c(C3CCS(=O)(=O)C3)cnn2c1. The average Bonchev–Trinajstić information content (AvgIpc) is 2.80. The summed E-state index contributed by atoms with van der Waals surface area (Å²) in [4.78, 5) is 4.21. The second-order valence-electron chi connectivity index (χ2n) is 4.36. The maximum atomic E-state index is 11.5. The normalized spacial score (nSPS) is 23.2. The van der Waals surface area contributed by atoms with E-state index in [4.69, 9.17) is 5.73 Å². The van der Waals surface area contributed by atoms with Crippen molar-refractivity contribution in [1.29, 1.82) is 0 Å². The summed E-state index contributed by atoms with van der Waals surface area (Å²) in [5.74, 6) is 0.457. The highest BCUT2D eigenvalue weighted by Gasteiger charge is 2.31. The van der Waals surface area contributed by atoms with Gasteiger partial charge in [0.25, 0.3) is 0 Å². The van der Waals surface area contributed by atoms with E-state index in [1.165, 1.54) is 0 Å². The minimum absolute atomic E-state index is 0.00799. The molecule has 1 aliphatic rings. The fourth-order valence-corrected chi connectivity index (χ4v) is 4.01. The van der Waals surface area contributed by atoms with E-state index in [1.54, 1.807) is 23.1 Å². The molecule has 0 amide bonds. The lowest BCUT2D eigenvalue weighted by Crippen LogP contribution is -2.04. The Bertz CT molecular complexity index is 677. The summed E-state index contributed by atoms with van der Waals surface area (Å²) in [6.45, 7) is 0. The molecule has 0 bridgehead atoms. The van der Waals surface area contributed by atoms with Gasteiger partial charge in [-0.15, -0.1) is 0 Å². The third-order valence-electron chi connectivity index (χ3n) is 3.08. The molecule has 1 saturated heterocycles. The van der Waals surface area contributed by atoms with Crippen LogP contribution in [0.3, 0.4) is 0 Å². The lowest BCUT2D eigenvalue weighted by atomic mass is 10.0. The van der Waals surface area contributed by atoms with Crippen molar-refractivity contribution in [3.05, 3.63) is 24.2 Å². The topological polar surface area (TPSA) is 90.3 Å². The van der Waals surface area contributed by atoms with Gasteiger partial charge in [-0.1, -0.05) is 0 Å². The highest BCUT2D eigenvalue weighted by molar-refractivity contribution is 7.91. The Hall–Kier alpha value is -1.63. The standard InChI is InChI=1S/C10H12N4O2S/c11-8-3-12-10-9(4-13-14(10)5-8)7-1-2-17(15,16)6-7/h3-5,7H,1-2,6,11H2. The van der Waals surface area contributed by atoms with Crippen molar-refractivity contribution < 1.29 is 8.42 Å². The Labute approximate surface area is 98.4 Å². The first-order chi connectivity index (χ1) is 8.05. The zero-order valence-electron chi connectivity index (χ0n) is 9.07. The van der Waals surface area contributed by atoms with E-state index in [9.17, 15) is 8.42 Å². The first-order valence-electron chi connectivity index (χ1n) is 5.34. The number of sulfone groups is 1. The second-order valence-corrected chi connectivity index (χ2v) is 6.58. The van der Waals surface area contributed by atoms with Crippen LogP contribution in [0.5, 0.6) is 0 Å². The predicted octanol–water partition coefficient (Wildman–Crippen LogP) is 0.214. The van der Waals surface area contributed by atoms with E-state index in [-0.39, 0.29) is 17.4 Å². The fraction of sp³-hybridized carbons (Fsp3) is 0.400. The van der Waals surface area contributed by atoms with Gasteiger partial charge in [0, 0.05) is 11.5 Å². The van der Waals surface area contributed by atoms with Crippen molar-refractivity contribution in [3.8, 4) is 0 Å². The lowest BCUT2D eigenvalue weighted by Gasteiger charge is -2.04. The third-order valence-corrected chi connectivity index (χ3v) is 4.84. The molecule has 2 aromatic heterocycles. The molecule has 3 heterocycles. The van der Waals surface area contributed by atoms with Crippen LogP contribution in [-0.2, 0) is 9.84 Å². The van der Waals surface area contributed by atoms with Gasteiger partial charge in [0.2, 0.25) is 0 Å².